The standard InChI is InChI=1S/C15H22N2O4/c1-9-8-12(14(18)19)6-7-17(9)15(20)16-11(3)13-5-4-10(2)21-13/h4-5,9,11-12H,6-8H2,1-3H3,(H,16,20)(H,18,19). The van der Waals surface area contributed by atoms with E-state index in [0.29, 0.717) is 25.1 Å². The quantitative estimate of drug-likeness (QED) is 0.897. The van der Waals surface area contributed by atoms with E-state index in [4.69, 9.17) is 9.52 Å². The smallest absolute Gasteiger partial charge is 0.318 e. The zero-order chi connectivity index (χ0) is 15.6. The van der Waals surface area contributed by atoms with Gasteiger partial charge in [-0.05, 0) is 45.7 Å². The van der Waals surface area contributed by atoms with Gasteiger partial charge in [-0.25, -0.2) is 4.79 Å². The molecule has 1 aromatic rings. The number of hydrogen-bond acceptors (Lipinski definition) is 3. The average molecular weight is 294 g/mol. The molecule has 0 bridgehead atoms. The van der Waals surface area contributed by atoms with Crippen molar-refractivity contribution in [2.75, 3.05) is 6.54 Å². The van der Waals surface area contributed by atoms with Crippen LogP contribution in [0.5, 0.6) is 0 Å². The highest BCUT2D eigenvalue weighted by molar-refractivity contribution is 5.76. The van der Waals surface area contributed by atoms with Crippen LogP contribution in [0.3, 0.4) is 0 Å². The Morgan fingerprint density at radius 2 is 2.19 bits per heavy atom. The lowest BCUT2D eigenvalue weighted by Gasteiger charge is -2.36. The third-order valence-electron chi connectivity index (χ3n) is 4.01. The highest BCUT2D eigenvalue weighted by Gasteiger charge is 2.32. The molecule has 1 aromatic heterocycles. The molecule has 0 saturated carbocycles. The third-order valence-corrected chi connectivity index (χ3v) is 4.01. The molecular formula is C15H22N2O4. The summed E-state index contributed by atoms with van der Waals surface area (Å²) in [4.78, 5) is 25.0. The van der Waals surface area contributed by atoms with Crippen LogP contribution in [0.15, 0.2) is 16.5 Å². The first-order valence-corrected chi connectivity index (χ1v) is 7.24. The summed E-state index contributed by atoms with van der Waals surface area (Å²) >= 11 is 0. The number of furan rings is 1. The molecule has 0 spiro atoms. The van der Waals surface area contributed by atoms with Gasteiger partial charge >= 0.3 is 12.0 Å². The molecule has 1 aliphatic heterocycles. The maximum atomic E-state index is 12.3. The predicted molar refractivity (Wildman–Crippen MR) is 76.9 cm³/mol. The summed E-state index contributed by atoms with van der Waals surface area (Å²) in [5, 5.41) is 11.9. The van der Waals surface area contributed by atoms with Crippen molar-refractivity contribution in [1.29, 1.82) is 0 Å². The van der Waals surface area contributed by atoms with E-state index in [1.165, 1.54) is 0 Å². The number of piperidine rings is 1. The van der Waals surface area contributed by atoms with E-state index in [1.807, 2.05) is 32.9 Å². The molecule has 6 heteroatoms. The summed E-state index contributed by atoms with van der Waals surface area (Å²) in [6.07, 6.45) is 0.998. The number of nitrogens with one attached hydrogen (secondary N) is 1. The molecular weight excluding hydrogens is 272 g/mol. The van der Waals surface area contributed by atoms with E-state index < -0.39 is 5.97 Å². The van der Waals surface area contributed by atoms with Crippen molar-refractivity contribution in [3.05, 3.63) is 23.7 Å². The summed E-state index contributed by atoms with van der Waals surface area (Å²) in [7, 11) is 0. The number of aryl methyl sites for hydroxylation is 1. The Labute approximate surface area is 124 Å². The van der Waals surface area contributed by atoms with Gasteiger partial charge in [-0.2, -0.15) is 0 Å². The van der Waals surface area contributed by atoms with Crippen LogP contribution in [0.4, 0.5) is 4.79 Å². The number of carboxylic acids is 1. The minimum absolute atomic E-state index is 0.0783. The lowest BCUT2D eigenvalue weighted by molar-refractivity contribution is -0.143. The lowest BCUT2D eigenvalue weighted by Crippen LogP contribution is -2.50. The van der Waals surface area contributed by atoms with Gasteiger partial charge in [0.15, 0.2) is 0 Å². The maximum absolute atomic E-state index is 12.3. The van der Waals surface area contributed by atoms with Crippen LogP contribution in [0.25, 0.3) is 0 Å². The summed E-state index contributed by atoms with van der Waals surface area (Å²) in [5.41, 5.74) is 0. The lowest BCUT2D eigenvalue weighted by atomic mass is 9.92. The fraction of sp³-hybridized carbons (Fsp3) is 0.600. The average Bonchev–Trinajstić information content (AvgIpc) is 2.85. The largest absolute Gasteiger partial charge is 0.481 e. The van der Waals surface area contributed by atoms with Crippen molar-refractivity contribution in [3.63, 3.8) is 0 Å². The van der Waals surface area contributed by atoms with Gasteiger partial charge in [0, 0.05) is 12.6 Å². The van der Waals surface area contributed by atoms with Crippen LogP contribution < -0.4 is 5.32 Å². The molecule has 2 N–H and O–H groups in total. The fourth-order valence-corrected chi connectivity index (χ4v) is 2.72. The number of urea groups is 1. The van der Waals surface area contributed by atoms with E-state index in [0.717, 1.165) is 5.76 Å². The Balaban J connectivity index is 1.93. The van der Waals surface area contributed by atoms with Crippen LogP contribution in [-0.4, -0.2) is 34.6 Å². The molecule has 1 aliphatic rings. The van der Waals surface area contributed by atoms with E-state index in [1.54, 1.807) is 4.90 Å². The van der Waals surface area contributed by atoms with Gasteiger partial charge in [0.25, 0.3) is 0 Å². The second-order valence-electron chi connectivity index (χ2n) is 5.72. The number of aliphatic carboxylic acids is 1. The van der Waals surface area contributed by atoms with Gasteiger partial charge in [-0.3, -0.25) is 4.79 Å². The second kappa shape index (κ2) is 6.20. The number of hydrogen-bond donors (Lipinski definition) is 2. The van der Waals surface area contributed by atoms with Crippen molar-refractivity contribution in [2.45, 2.75) is 45.7 Å². The Bertz CT molecular complexity index is 525. The first-order valence-electron chi connectivity index (χ1n) is 7.24. The Morgan fingerprint density at radius 3 is 2.71 bits per heavy atom. The van der Waals surface area contributed by atoms with Crippen LogP contribution in [0.1, 0.15) is 44.3 Å². The van der Waals surface area contributed by atoms with Gasteiger partial charge in [0.1, 0.15) is 11.5 Å². The van der Waals surface area contributed by atoms with Gasteiger partial charge in [0.05, 0.1) is 12.0 Å². The molecule has 2 amide bonds. The summed E-state index contributed by atoms with van der Waals surface area (Å²) < 4.78 is 5.50. The number of likely N-dealkylation sites (tertiary alicyclic amines) is 1. The van der Waals surface area contributed by atoms with Gasteiger partial charge in [-0.15, -0.1) is 0 Å². The van der Waals surface area contributed by atoms with E-state index in [2.05, 4.69) is 5.32 Å². The summed E-state index contributed by atoms with van der Waals surface area (Å²) in [6.45, 7) is 6.08. The van der Waals surface area contributed by atoms with Crippen LogP contribution in [-0.2, 0) is 4.79 Å². The molecule has 0 radical (unpaired) electrons. The Morgan fingerprint density at radius 1 is 1.48 bits per heavy atom. The fourth-order valence-electron chi connectivity index (χ4n) is 2.72. The zero-order valence-corrected chi connectivity index (χ0v) is 12.6. The molecule has 0 aromatic carbocycles. The molecule has 3 unspecified atom stereocenters. The minimum Gasteiger partial charge on any atom is -0.481 e. The molecule has 21 heavy (non-hydrogen) atoms. The minimum atomic E-state index is -0.777. The molecule has 0 aliphatic carbocycles. The topological polar surface area (TPSA) is 82.8 Å². The van der Waals surface area contributed by atoms with Gasteiger partial charge < -0.3 is 19.7 Å². The number of carboxylic acid groups (broad SMARTS) is 1. The highest BCUT2D eigenvalue weighted by atomic mass is 16.4. The van der Waals surface area contributed by atoms with E-state index >= 15 is 0 Å². The monoisotopic (exact) mass is 294 g/mol. The first-order chi connectivity index (χ1) is 9.88. The van der Waals surface area contributed by atoms with Crippen molar-refractivity contribution in [2.24, 2.45) is 5.92 Å². The molecule has 2 rings (SSSR count). The second-order valence-corrected chi connectivity index (χ2v) is 5.72. The molecule has 1 fully saturated rings. The van der Waals surface area contributed by atoms with Gasteiger partial charge in [-0.1, -0.05) is 0 Å². The molecule has 1 saturated heterocycles. The van der Waals surface area contributed by atoms with Crippen molar-refractivity contribution in [1.82, 2.24) is 10.2 Å². The van der Waals surface area contributed by atoms with Crippen molar-refractivity contribution < 1.29 is 19.1 Å². The number of carbonyl (C=O) groups excluding carboxylic acids is 1. The normalized spacial score (nSPS) is 23.7. The number of amides is 2. The SMILES string of the molecule is Cc1ccc(C(C)NC(=O)N2CCC(C(=O)O)CC2C)o1. The van der Waals surface area contributed by atoms with Crippen LogP contribution in [0.2, 0.25) is 0 Å². The molecule has 6 nitrogen and oxygen atoms in total. The first kappa shape index (κ1) is 15.4. The van der Waals surface area contributed by atoms with E-state index in [9.17, 15) is 9.59 Å². The van der Waals surface area contributed by atoms with Crippen LogP contribution >= 0.6 is 0 Å². The summed E-state index contributed by atoms with van der Waals surface area (Å²) in [5.74, 6) is 0.395. The molecule has 2 heterocycles. The Kier molecular flexibility index (Phi) is 4.55. The van der Waals surface area contributed by atoms with Crippen LogP contribution in [0, 0.1) is 12.8 Å². The number of carbonyl (C=O) groups is 2. The molecule has 116 valence electrons. The van der Waals surface area contributed by atoms with Crippen molar-refractivity contribution >= 4 is 12.0 Å². The third kappa shape index (κ3) is 3.56. The maximum Gasteiger partial charge on any atom is 0.318 e. The highest BCUT2D eigenvalue weighted by Crippen LogP contribution is 2.24. The number of nitrogens with zero attached hydrogens (tertiary/aromatic N) is 1. The number of rotatable bonds is 3. The Hall–Kier alpha value is -1.98. The van der Waals surface area contributed by atoms with E-state index in [-0.39, 0.29) is 24.0 Å². The predicted octanol–water partition coefficient (Wildman–Crippen LogP) is 2.54. The van der Waals surface area contributed by atoms with Crippen molar-refractivity contribution in [3.8, 4) is 0 Å². The summed E-state index contributed by atoms with van der Waals surface area (Å²) in [6, 6.07) is 3.24. The zero-order valence-electron chi connectivity index (χ0n) is 12.6. The van der Waals surface area contributed by atoms with Gasteiger partial charge in [0.2, 0.25) is 0 Å². The molecule has 3 atom stereocenters.